The van der Waals surface area contributed by atoms with Gasteiger partial charge in [0.2, 0.25) is 11.5 Å². The van der Waals surface area contributed by atoms with E-state index in [-0.39, 0.29) is 57.7 Å². The fourth-order valence-electron chi connectivity index (χ4n) is 5.33. The van der Waals surface area contributed by atoms with Gasteiger partial charge in [-0.3, -0.25) is 14.6 Å². The fraction of sp³-hybridized carbons (Fsp3) is 0.294. The number of ether oxygens (including phenoxy) is 2. The van der Waals surface area contributed by atoms with Crippen molar-refractivity contribution in [2.75, 3.05) is 13.2 Å². The predicted molar refractivity (Wildman–Crippen MR) is 162 cm³/mol. The minimum atomic E-state index is -5.44. The van der Waals surface area contributed by atoms with Crippen LogP contribution in [0.5, 0.6) is 11.5 Å². The van der Waals surface area contributed by atoms with Gasteiger partial charge in [0.1, 0.15) is 40.7 Å². The number of primary amides is 1. The highest BCUT2D eigenvalue weighted by atomic mass is 19.4. The molecule has 1 fully saturated rings. The van der Waals surface area contributed by atoms with Gasteiger partial charge >= 0.3 is 12.4 Å². The number of carbonyl (C=O) groups excluding carboxylic acids is 2. The summed E-state index contributed by atoms with van der Waals surface area (Å²) in [6, 6.07) is 11.1. The van der Waals surface area contributed by atoms with Crippen molar-refractivity contribution in [3.8, 4) is 33.9 Å². The zero-order chi connectivity index (χ0) is 36.2. The van der Waals surface area contributed by atoms with E-state index in [1.807, 2.05) is 0 Å². The molecule has 2 amide bonds. The summed E-state index contributed by atoms with van der Waals surface area (Å²) >= 11 is 0. The molecule has 4 aromatic rings. The molecule has 0 saturated heterocycles. The van der Waals surface area contributed by atoms with Gasteiger partial charge in [-0.05, 0) is 74.4 Å². The Morgan fingerprint density at radius 3 is 2.26 bits per heavy atom. The van der Waals surface area contributed by atoms with Crippen molar-refractivity contribution in [3.63, 3.8) is 0 Å². The molecule has 2 aliphatic rings. The molecule has 2 atom stereocenters. The molecule has 50 heavy (non-hydrogen) atoms. The highest BCUT2D eigenvalue weighted by Crippen LogP contribution is 2.48. The second-order valence-corrected chi connectivity index (χ2v) is 12.2. The summed E-state index contributed by atoms with van der Waals surface area (Å²) in [4.78, 5) is 33.2. The molecule has 16 heteroatoms. The van der Waals surface area contributed by atoms with Gasteiger partial charge in [0.25, 0.3) is 5.91 Å². The van der Waals surface area contributed by atoms with Crippen LogP contribution in [-0.4, -0.2) is 52.3 Å². The third-order valence-corrected chi connectivity index (χ3v) is 8.56. The number of halogens is 7. The van der Waals surface area contributed by atoms with E-state index in [1.165, 1.54) is 43.3 Å². The number of aliphatic hydroxyl groups is 1. The third-order valence-electron chi connectivity index (χ3n) is 8.56. The monoisotopic (exact) mass is 704 g/mol. The van der Waals surface area contributed by atoms with Gasteiger partial charge in [-0.25, -0.2) is 9.37 Å². The summed E-state index contributed by atoms with van der Waals surface area (Å²) in [5, 5.41) is 13.4. The minimum Gasteiger partial charge on any atom is -0.490 e. The summed E-state index contributed by atoms with van der Waals surface area (Å²) in [6.07, 6.45) is -8.01. The largest absolute Gasteiger partial charge is 0.490 e. The second-order valence-electron chi connectivity index (χ2n) is 12.2. The molecule has 4 N–H and O–H groups in total. The zero-order valence-electron chi connectivity index (χ0n) is 26.0. The number of pyridine rings is 2. The van der Waals surface area contributed by atoms with Gasteiger partial charge in [-0.1, -0.05) is 6.07 Å². The molecule has 6 rings (SSSR count). The van der Waals surface area contributed by atoms with Crippen LogP contribution in [-0.2, 0) is 22.0 Å². The van der Waals surface area contributed by atoms with Crippen LogP contribution in [0.15, 0.2) is 66.9 Å². The van der Waals surface area contributed by atoms with Crippen LogP contribution in [0.3, 0.4) is 0 Å². The number of hydrogen-bond acceptors (Lipinski definition) is 7. The number of nitrogens with zero attached hydrogens (tertiary/aromatic N) is 2. The predicted octanol–water partition coefficient (Wildman–Crippen LogP) is 5.83. The molecular formula is C34H27F7N4O5. The van der Waals surface area contributed by atoms with E-state index in [0.29, 0.717) is 12.8 Å². The number of amides is 2. The Balaban J connectivity index is 1.34. The van der Waals surface area contributed by atoms with Crippen LogP contribution >= 0.6 is 0 Å². The lowest BCUT2D eigenvalue weighted by molar-refractivity contribution is -0.265. The van der Waals surface area contributed by atoms with E-state index in [9.17, 15) is 45.4 Å². The Morgan fingerprint density at radius 1 is 1.00 bits per heavy atom. The van der Waals surface area contributed by atoms with Crippen molar-refractivity contribution >= 4 is 11.8 Å². The molecule has 0 spiro atoms. The number of nitrogens with one attached hydrogen (secondary N) is 1. The van der Waals surface area contributed by atoms with Crippen molar-refractivity contribution in [1.29, 1.82) is 0 Å². The Bertz CT molecular complexity index is 1970. The van der Waals surface area contributed by atoms with Crippen LogP contribution in [0, 0.1) is 5.82 Å². The van der Waals surface area contributed by atoms with Crippen molar-refractivity contribution < 1.29 is 54.9 Å². The number of nitrogens with two attached hydrogens (primary N) is 1. The molecule has 0 radical (unpaired) electrons. The quantitative estimate of drug-likeness (QED) is 0.187. The van der Waals surface area contributed by atoms with E-state index in [0.717, 1.165) is 30.5 Å². The summed E-state index contributed by atoms with van der Waals surface area (Å²) in [5.74, 6) is -2.63. The van der Waals surface area contributed by atoms with Crippen molar-refractivity contribution in [2.45, 2.75) is 49.2 Å². The molecule has 1 unspecified atom stereocenters. The third kappa shape index (κ3) is 6.42. The average Bonchev–Trinajstić information content (AvgIpc) is 3.82. The standard InChI is InChI=1S/C34H27F7N4O5/c1-31(30(42)47)16-49-28-23(31)13-26(45-27(28)17-2-6-20(35)7-3-17)32(48,34(39,40)41)15-44-29(46)18-4-10-22(24(12-18)50-21-8-9-21)19-5-11-25(43-14-19)33(36,37)38/h2-7,10-14,21,48H,8-9,15-16H2,1H3,(H2,42,47)(H,44,46)/t31-,32?/m0/s1. The maximum Gasteiger partial charge on any atom is 0.433 e. The highest BCUT2D eigenvalue weighted by molar-refractivity contribution is 5.95. The molecule has 2 aromatic carbocycles. The number of hydrogen-bond donors (Lipinski definition) is 3. The van der Waals surface area contributed by atoms with Gasteiger partial charge < -0.3 is 25.6 Å². The van der Waals surface area contributed by atoms with Crippen LogP contribution in [0.2, 0.25) is 0 Å². The molecule has 9 nitrogen and oxygen atoms in total. The summed E-state index contributed by atoms with van der Waals surface area (Å²) < 4.78 is 109. The van der Waals surface area contributed by atoms with Gasteiger partial charge in [0.15, 0.2) is 0 Å². The Kier molecular flexibility index (Phi) is 8.49. The molecular weight excluding hydrogens is 677 g/mol. The summed E-state index contributed by atoms with van der Waals surface area (Å²) in [7, 11) is 0. The molecule has 2 aromatic heterocycles. The van der Waals surface area contributed by atoms with E-state index >= 15 is 0 Å². The first-order valence-electron chi connectivity index (χ1n) is 15.1. The smallest absolute Gasteiger partial charge is 0.433 e. The van der Waals surface area contributed by atoms with Crippen molar-refractivity contribution in [3.05, 3.63) is 95.2 Å². The van der Waals surface area contributed by atoms with Gasteiger partial charge in [0, 0.05) is 34.0 Å². The lowest BCUT2D eigenvalue weighted by Gasteiger charge is -2.31. The number of aromatic nitrogens is 2. The first kappa shape index (κ1) is 34.6. The van der Waals surface area contributed by atoms with Gasteiger partial charge in [-0.2, -0.15) is 26.3 Å². The lowest BCUT2D eigenvalue weighted by Crippen LogP contribution is -2.51. The van der Waals surface area contributed by atoms with Crippen molar-refractivity contribution in [2.24, 2.45) is 5.73 Å². The van der Waals surface area contributed by atoms with E-state index in [1.54, 1.807) is 0 Å². The van der Waals surface area contributed by atoms with E-state index in [4.69, 9.17) is 15.2 Å². The normalized spacial score (nSPS) is 18.5. The average molecular weight is 705 g/mol. The minimum absolute atomic E-state index is 0.0817. The van der Waals surface area contributed by atoms with Crippen LogP contribution in [0.1, 0.15) is 47.1 Å². The molecule has 0 bridgehead atoms. The number of carbonyl (C=O) groups is 2. The van der Waals surface area contributed by atoms with Crippen LogP contribution < -0.4 is 20.5 Å². The van der Waals surface area contributed by atoms with Gasteiger partial charge in [-0.15, -0.1) is 0 Å². The Morgan fingerprint density at radius 2 is 1.68 bits per heavy atom. The Hall–Kier alpha value is -5.25. The lowest BCUT2D eigenvalue weighted by atomic mass is 9.81. The van der Waals surface area contributed by atoms with Gasteiger partial charge in [0.05, 0.1) is 18.3 Å². The van der Waals surface area contributed by atoms with Crippen molar-refractivity contribution in [1.82, 2.24) is 15.3 Å². The molecule has 1 aliphatic heterocycles. The topological polar surface area (TPSA) is 137 Å². The van der Waals surface area contributed by atoms with E-state index in [2.05, 4.69) is 15.3 Å². The number of benzene rings is 2. The highest BCUT2D eigenvalue weighted by Gasteiger charge is 2.57. The van der Waals surface area contributed by atoms with Crippen LogP contribution in [0.4, 0.5) is 30.7 Å². The van der Waals surface area contributed by atoms with E-state index < -0.39 is 58.9 Å². The number of fused-ring (bicyclic) bond motifs is 1. The summed E-state index contributed by atoms with van der Waals surface area (Å²) in [5.41, 5.74) is -1.85. The zero-order valence-corrected chi connectivity index (χ0v) is 26.0. The SMILES string of the molecule is C[C@]1(C(N)=O)COc2c1cc(C(O)(CNC(=O)c1ccc(-c3ccc(C(F)(F)F)nc3)c(OC3CC3)c1)C(F)(F)F)nc2-c1ccc(F)cc1. The fourth-order valence-corrected chi connectivity index (χ4v) is 5.33. The Labute approximate surface area is 279 Å². The maximum atomic E-state index is 14.8. The molecule has 262 valence electrons. The first-order chi connectivity index (χ1) is 23.4. The maximum absolute atomic E-state index is 14.8. The number of alkyl halides is 6. The first-order valence-corrected chi connectivity index (χ1v) is 15.1. The summed E-state index contributed by atoms with van der Waals surface area (Å²) in [6.45, 7) is -0.441. The number of rotatable bonds is 9. The molecule has 1 saturated carbocycles. The van der Waals surface area contributed by atoms with Crippen LogP contribution in [0.25, 0.3) is 22.4 Å². The second kappa shape index (κ2) is 12.3. The molecule has 1 aliphatic carbocycles. The molecule has 3 heterocycles.